The standard InChI is InChI=1S/C14H18FNO/c1-2-14(9-3-4-9)8-12(16)11-6-5-10(15)7-13(11)17-14/h5-7,9,12H,2-4,8,16H2,1H3. The quantitative estimate of drug-likeness (QED) is 0.854. The van der Waals surface area contributed by atoms with Crippen LogP contribution in [-0.4, -0.2) is 5.60 Å². The topological polar surface area (TPSA) is 35.2 Å². The molecule has 1 aromatic rings. The van der Waals surface area contributed by atoms with Crippen molar-refractivity contribution in [2.24, 2.45) is 11.7 Å². The summed E-state index contributed by atoms with van der Waals surface area (Å²) < 4.78 is 19.4. The molecule has 2 N–H and O–H groups in total. The molecule has 92 valence electrons. The summed E-state index contributed by atoms with van der Waals surface area (Å²) in [6.07, 6.45) is 4.23. The first-order valence-corrected chi connectivity index (χ1v) is 6.38. The van der Waals surface area contributed by atoms with E-state index in [1.165, 1.54) is 25.0 Å². The van der Waals surface area contributed by atoms with E-state index in [4.69, 9.17) is 10.5 Å². The van der Waals surface area contributed by atoms with Gasteiger partial charge in [-0.3, -0.25) is 0 Å². The van der Waals surface area contributed by atoms with Crippen LogP contribution >= 0.6 is 0 Å². The first-order valence-electron chi connectivity index (χ1n) is 6.38. The number of fused-ring (bicyclic) bond motifs is 1. The zero-order valence-corrected chi connectivity index (χ0v) is 10.1. The van der Waals surface area contributed by atoms with E-state index < -0.39 is 0 Å². The van der Waals surface area contributed by atoms with E-state index in [0.29, 0.717) is 11.7 Å². The summed E-state index contributed by atoms with van der Waals surface area (Å²) >= 11 is 0. The van der Waals surface area contributed by atoms with Gasteiger partial charge >= 0.3 is 0 Å². The maximum absolute atomic E-state index is 13.3. The molecular weight excluding hydrogens is 217 g/mol. The van der Waals surface area contributed by atoms with Gasteiger partial charge in [0, 0.05) is 24.1 Å². The number of ether oxygens (including phenoxy) is 1. The highest BCUT2D eigenvalue weighted by Crippen LogP contribution is 2.51. The van der Waals surface area contributed by atoms with Crippen LogP contribution < -0.4 is 10.5 Å². The average Bonchev–Trinajstić information content (AvgIpc) is 3.12. The van der Waals surface area contributed by atoms with Crippen molar-refractivity contribution in [2.75, 3.05) is 0 Å². The number of hydrogen-bond donors (Lipinski definition) is 1. The van der Waals surface area contributed by atoms with Crippen molar-refractivity contribution in [3.05, 3.63) is 29.6 Å². The summed E-state index contributed by atoms with van der Waals surface area (Å²) in [5.41, 5.74) is 7.00. The maximum atomic E-state index is 13.3. The van der Waals surface area contributed by atoms with E-state index in [1.807, 2.05) is 0 Å². The van der Waals surface area contributed by atoms with Crippen LogP contribution in [-0.2, 0) is 0 Å². The molecule has 2 nitrogen and oxygen atoms in total. The summed E-state index contributed by atoms with van der Waals surface area (Å²) in [6.45, 7) is 2.13. The van der Waals surface area contributed by atoms with E-state index in [9.17, 15) is 4.39 Å². The number of halogens is 1. The van der Waals surface area contributed by atoms with Crippen LogP contribution in [0.4, 0.5) is 4.39 Å². The predicted molar refractivity (Wildman–Crippen MR) is 64.3 cm³/mol. The Kier molecular flexibility index (Phi) is 2.40. The Morgan fingerprint density at radius 3 is 2.88 bits per heavy atom. The minimum atomic E-state index is -0.251. The van der Waals surface area contributed by atoms with Gasteiger partial charge in [0.05, 0.1) is 0 Å². The molecule has 2 atom stereocenters. The van der Waals surface area contributed by atoms with Crippen LogP contribution in [0.15, 0.2) is 18.2 Å². The normalized spacial score (nSPS) is 31.8. The number of nitrogens with two attached hydrogens (primary N) is 1. The van der Waals surface area contributed by atoms with Crippen LogP contribution in [0.5, 0.6) is 5.75 Å². The van der Waals surface area contributed by atoms with Crippen molar-refractivity contribution >= 4 is 0 Å². The maximum Gasteiger partial charge on any atom is 0.127 e. The highest BCUT2D eigenvalue weighted by molar-refractivity contribution is 5.39. The van der Waals surface area contributed by atoms with Crippen molar-refractivity contribution < 1.29 is 9.13 Å². The molecule has 3 heteroatoms. The Morgan fingerprint density at radius 1 is 1.47 bits per heavy atom. The van der Waals surface area contributed by atoms with Crippen LogP contribution in [0.2, 0.25) is 0 Å². The Morgan fingerprint density at radius 2 is 2.24 bits per heavy atom. The molecule has 0 spiro atoms. The Balaban J connectivity index is 2.00. The second-order valence-corrected chi connectivity index (χ2v) is 5.29. The first-order chi connectivity index (χ1) is 8.14. The van der Waals surface area contributed by atoms with Crippen LogP contribution in [0.25, 0.3) is 0 Å². The highest BCUT2D eigenvalue weighted by atomic mass is 19.1. The van der Waals surface area contributed by atoms with Crippen LogP contribution in [0.1, 0.15) is 44.2 Å². The summed E-state index contributed by atoms with van der Waals surface area (Å²) in [5.74, 6) is 1.01. The second-order valence-electron chi connectivity index (χ2n) is 5.29. The van der Waals surface area contributed by atoms with Gasteiger partial charge in [-0.05, 0) is 31.2 Å². The molecule has 1 aliphatic heterocycles. The molecule has 17 heavy (non-hydrogen) atoms. The van der Waals surface area contributed by atoms with Gasteiger partial charge in [-0.2, -0.15) is 0 Å². The van der Waals surface area contributed by atoms with Crippen LogP contribution in [0.3, 0.4) is 0 Å². The van der Waals surface area contributed by atoms with E-state index in [1.54, 1.807) is 6.07 Å². The van der Waals surface area contributed by atoms with E-state index in [-0.39, 0.29) is 17.5 Å². The third-order valence-corrected chi connectivity index (χ3v) is 4.17. The third kappa shape index (κ3) is 1.73. The first kappa shape index (κ1) is 11.0. The van der Waals surface area contributed by atoms with Crippen molar-refractivity contribution in [3.63, 3.8) is 0 Å². The van der Waals surface area contributed by atoms with Crippen molar-refractivity contribution in [1.29, 1.82) is 0 Å². The van der Waals surface area contributed by atoms with Gasteiger partial charge < -0.3 is 10.5 Å². The van der Waals surface area contributed by atoms with Gasteiger partial charge in [-0.1, -0.05) is 13.0 Å². The molecule has 0 saturated heterocycles. The molecular formula is C14H18FNO. The summed E-state index contributed by atoms with van der Waals surface area (Å²) in [4.78, 5) is 0. The fourth-order valence-corrected chi connectivity index (χ4v) is 3.01. The van der Waals surface area contributed by atoms with Gasteiger partial charge in [0.1, 0.15) is 17.2 Å². The van der Waals surface area contributed by atoms with Gasteiger partial charge in [-0.15, -0.1) is 0 Å². The lowest BCUT2D eigenvalue weighted by Crippen LogP contribution is -2.44. The fourth-order valence-electron chi connectivity index (χ4n) is 3.01. The minimum Gasteiger partial charge on any atom is -0.486 e. The van der Waals surface area contributed by atoms with Gasteiger partial charge in [0.15, 0.2) is 0 Å². The Hall–Kier alpha value is -1.09. The molecule has 1 heterocycles. The highest BCUT2D eigenvalue weighted by Gasteiger charge is 2.49. The smallest absolute Gasteiger partial charge is 0.127 e. The molecule has 0 bridgehead atoms. The molecule has 0 amide bonds. The van der Waals surface area contributed by atoms with Crippen molar-refractivity contribution in [1.82, 2.24) is 0 Å². The largest absolute Gasteiger partial charge is 0.486 e. The van der Waals surface area contributed by atoms with Gasteiger partial charge in [0.2, 0.25) is 0 Å². The number of hydrogen-bond acceptors (Lipinski definition) is 2. The summed E-state index contributed by atoms with van der Waals surface area (Å²) in [6, 6.07) is 4.65. The molecule has 2 unspecified atom stereocenters. The van der Waals surface area contributed by atoms with E-state index in [2.05, 4.69) is 6.92 Å². The average molecular weight is 235 g/mol. The van der Waals surface area contributed by atoms with E-state index >= 15 is 0 Å². The van der Waals surface area contributed by atoms with Gasteiger partial charge in [0.25, 0.3) is 0 Å². The molecule has 2 aliphatic rings. The lowest BCUT2D eigenvalue weighted by atomic mass is 9.82. The zero-order valence-electron chi connectivity index (χ0n) is 10.1. The minimum absolute atomic E-state index is 0.0279. The molecule has 1 fully saturated rings. The summed E-state index contributed by atoms with van der Waals surface area (Å²) in [7, 11) is 0. The van der Waals surface area contributed by atoms with E-state index in [0.717, 1.165) is 18.4 Å². The predicted octanol–water partition coefficient (Wildman–Crippen LogP) is 3.17. The number of rotatable bonds is 2. The fraction of sp³-hybridized carbons (Fsp3) is 0.571. The molecule has 1 aromatic carbocycles. The van der Waals surface area contributed by atoms with Crippen molar-refractivity contribution in [3.8, 4) is 5.75 Å². The third-order valence-electron chi connectivity index (χ3n) is 4.17. The second kappa shape index (κ2) is 3.70. The van der Waals surface area contributed by atoms with Crippen LogP contribution in [0, 0.1) is 11.7 Å². The SMILES string of the molecule is CCC1(C2CC2)CC(N)c2ccc(F)cc2O1. The Labute approximate surface area is 101 Å². The summed E-state index contributed by atoms with van der Waals surface area (Å²) in [5, 5.41) is 0. The molecule has 3 rings (SSSR count). The number of benzene rings is 1. The molecule has 0 radical (unpaired) electrons. The molecule has 1 saturated carbocycles. The molecule has 1 aliphatic carbocycles. The lowest BCUT2D eigenvalue weighted by molar-refractivity contribution is 0.0104. The zero-order chi connectivity index (χ0) is 12.0. The lowest BCUT2D eigenvalue weighted by Gasteiger charge is -2.41. The Bertz CT molecular complexity index is 444. The molecule has 0 aromatic heterocycles. The van der Waals surface area contributed by atoms with Gasteiger partial charge in [-0.25, -0.2) is 4.39 Å². The van der Waals surface area contributed by atoms with Crippen molar-refractivity contribution in [2.45, 2.75) is 44.2 Å². The monoisotopic (exact) mass is 235 g/mol.